The molecule has 3 aromatic rings. The van der Waals surface area contributed by atoms with Crippen LogP contribution in [0.3, 0.4) is 0 Å². The number of carbonyl (C=O) groups excluding carboxylic acids is 2. The first-order chi connectivity index (χ1) is 33.4. The lowest BCUT2D eigenvalue weighted by Gasteiger charge is -2.63. The fraction of sp³-hybridized carbons (Fsp3) is 0.673. The number of aromatic hydroxyl groups is 2. The molecule has 11 rings (SSSR count). The molecule has 2 aromatic carbocycles. The maximum atomic E-state index is 13.1. The Kier molecular flexibility index (Phi) is 12.3. The fourth-order valence-electron chi connectivity index (χ4n) is 14.0. The van der Waals surface area contributed by atoms with Gasteiger partial charge in [0, 0.05) is 23.2 Å². The molecule has 20 heteroatoms. The average Bonchev–Trinajstić information content (AvgIpc) is 4.04. The molecule has 10 atom stereocenters. The second-order valence-corrected chi connectivity index (χ2v) is 20.4. The van der Waals surface area contributed by atoms with Crippen LogP contribution in [0.25, 0.3) is 0 Å². The van der Waals surface area contributed by atoms with Crippen LogP contribution in [0.1, 0.15) is 66.5 Å². The Morgan fingerprint density at radius 2 is 1.16 bits per heavy atom. The van der Waals surface area contributed by atoms with Crippen molar-refractivity contribution in [3.63, 3.8) is 0 Å². The van der Waals surface area contributed by atoms with E-state index in [4.69, 9.17) is 33.2 Å². The number of nitrogens with zero attached hydrogens (tertiary/aromatic N) is 5. The maximum Gasteiger partial charge on any atom is 0.246 e. The molecule has 4 fully saturated rings. The molecule has 8 aliphatic rings. The van der Waals surface area contributed by atoms with Crippen LogP contribution < -0.4 is 20.1 Å². The van der Waals surface area contributed by atoms with Gasteiger partial charge in [0.2, 0.25) is 11.8 Å². The monoisotopic (exact) mass is 959 g/mol. The molecule has 1 aromatic heterocycles. The lowest BCUT2D eigenvalue weighted by molar-refractivity contribution is -0.187. The highest BCUT2D eigenvalue weighted by molar-refractivity contribution is 5.78. The minimum atomic E-state index is -1.02. The maximum absolute atomic E-state index is 13.1. The van der Waals surface area contributed by atoms with Crippen molar-refractivity contribution in [3.8, 4) is 23.0 Å². The number of phenols is 2. The number of ether oxygens (including phenoxy) is 7. The van der Waals surface area contributed by atoms with E-state index in [2.05, 4.69) is 44.8 Å². The van der Waals surface area contributed by atoms with E-state index in [1.807, 2.05) is 12.1 Å². The van der Waals surface area contributed by atoms with Crippen molar-refractivity contribution in [2.75, 3.05) is 86.6 Å². The molecule has 0 radical (unpaired) electrons. The second kappa shape index (κ2) is 18.2. The van der Waals surface area contributed by atoms with Crippen LogP contribution in [0, 0.1) is 0 Å². The van der Waals surface area contributed by atoms with E-state index in [0.29, 0.717) is 94.9 Å². The van der Waals surface area contributed by atoms with E-state index in [9.17, 15) is 30.0 Å². The summed E-state index contributed by atoms with van der Waals surface area (Å²) in [5, 5.41) is 60.7. The Morgan fingerprint density at radius 3 is 1.68 bits per heavy atom. The third-order valence-corrected chi connectivity index (χ3v) is 17.0. The molecule has 2 amide bonds. The largest absolute Gasteiger partial charge is 0.504 e. The van der Waals surface area contributed by atoms with Crippen molar-refractivity contribution in [1.29, 1.82) is 0 Å². The van der Waals surface area contributed by atoms with Gasteiger partial charge in [0.1, 0.15) is 31.1 Å². The molecule has 5 heterocycles. The Labute approximate surface area is 400 Å². The Balaban J connectivity index is 0.536. The number of piperidine rings is 2. The number of amides is 2. The third kappa shape index (κ3) is 7.50. The zero-order chi connectivity index (χ0) is 47.7. The van der Waals surface area contributed by atoms with Gasteiger partial charge in [-0.05, 0) is 102 Å². The number of likely N-dealkylation sites (tertiary alicyclic amines) is 2. The number of nitrogens with one attached hydrogen (secondary N) is 2. The van der Waals surface area contributed by atoms with Gasteiger partial charge in [-0.15, -0.1) is 5.10 Å². The quantitative estimate of drug-likeness (QED) is 0.0830. The summed E-state index contributed by atoms with van der Waals surface area (Å²) in [5.41, 5.74) is 1.23. The molecule has 4 aliphatic carbocycles. The van der Waals surface area contributed by atoms with Crippen LogP contribution in [0.15, 0.2) is 30.5 Å². The number of likely N-dealkylation sites (N-methyl/N-ethyl adjacent to an activating group) is 2. The van der Waals surface area contributed by atoms with Gasteiger partial charge in [-0.2, -0.15) is 0 Å². The number of phenolic OH excluding ortho intramolecular Hbond substituents is 2. The van der Waals surface area contributed by atoms with Crippen LogP contribution in [0.4, 0.5) is 0 Å². The highest BCUT2D eigenvalue weighted by Gasteiger charge is 2.74. The predicted molar refractivity (Wildman–Crippen MR) is 243 cm³/mol. The first-order valence-corrected chi connectivity index (χ1v) is 24.6. The minimum absolute atomic E-state index is 0.0617. The topological polar surface area (TPSA) is 241 Å². The number of rotatable bonds is 20. The van der Waals surface area contributed by atoms with Crippen molar-refractivity contribution in [3.05, 3.63) is 58.4 Å². The van der Waals surface area contributed by atoms with Crippen molar-refractivity contribution in [1.82, 2.24) is 35.4 Å². The molecule has 2 saturated heterocycles. The standard InChI is InChI=1S/C49H65N7O13/c1-54-13-11-46-40-29-3-5-34(57)42(40)68-44(46)32(7-9-48(46,61)36(54)23-29)50-38(59)27-66-21-17-63-16-15-56-25-31(52-53-56)26-65-20-18-64-19-22-67-28-39(60)51-33-8-10-49(62)37-24-30-4-6-35(58)43-41(30)47(49,45(33)69-43)12-14-55(37)2/h3-6,25,32-33,36-37,44-45,57-58,61-62H,7-24,26-28H2,1-2H3,(H,50,59)(H,51,60)/t32-,33-,36?,37?,44-,45-,46-,47-,48+,49+/m0/s1. The average molecular weight is 960 g/mol. The zero-order valence-corrected chi connectivity index (χ0v) is 39.4. The summed E-state index contributed by atoms with van der Waals surface area (Å²) in [4.78, 5) is 30.7. The van der Waals surface area contributed by atoms with Crippen LogP contribution in [0.2, 0.25) is 0 Å². The van der Waals surface area contributed by atoms with E-state index in [1.54, 1.807) is 23.0 Å². The van der Waals surface area contributed by atoms with Crippen molar-refractivity contribution < 1.29 is 63.2 Å². The fourth-order valence-corrected chi connectivity index (χ4v) is 14.0. The summed E-state index contributed by atoms with van der Waals surface area (Å²) >= 11 is 0. The van der Waals surface area contributed by atoms with Gasteiger partial charge < -0.3 is 74.0 Å². The SMILES string of the molecule is CN1CC[C@]23c4c5ccc(O)c4O[C@H]2[C@@H](NC(=O)COCCOCCOCc2cn(CCOCCOCC(=O)N[C@H]4CC[C@@]6(O)C7Cc8ccc(O)c9c8[C@@]6(CCN7C)[C@H]4O9)nn2)CC[C@@]3(O)C1C5. The van der Waals surface area contributed by atoms with Crippen molar-refractivity contribution in [2.45, 2.75) is 123 Å². The smallest absolute Gasteiger partial charge is 0.246 e. The highest BCUT2D eigenvalue weighted by atomic mass is 16.5. The number of hydrogen-bond donors (Lipinski definition) is 6. The van der Waals surface area contributed by atoms with Crippen molar-refractivity contribution in [2.24, 2.45) is 0 Å². The van der Waals surface area contributed by atoms with E-state index < -0.39 is 34.2 Å². The van der Waals surface area contributed by atoms with Crippen LogP contribution >= 0.6 is 0 Å². The molecule has 2 unspecified atom stereocenters. The van der Waals surface area contributed by atoms with Gasteiger partial charge in [0.05, 0.1) is 99.7 Å². The summed E-state index contributed by atoms with van der Waals surface area (Å²) in [6.07, 6.45) is 5.67. The second-order valence-electron chi connectivity index (χ2n) is 20.4. The number of hydrogen-bond acceptors (Lipinski definition) is 17. The van der Waals surface area contributed by atoms with E-state index in [-0.39, 0.29) is 93.7 Å². The van der Waals surface area contributed by atoms with E-state index in [0.717, 1.165) is 35.3 Å². The van der Waals surface area contributed by atoms with Gasteiger partial charge in [-0.3, -0.25) is 9.59 Å². The zero-order valence-electron chi connectivity index (χ0n) is 39.4. The minimum Gasteiger partial charge on any atom is -0.504 e. The van der Waals surface area contributed by atoms with Gasteiger partial charge in [-0.1, -0.05) is 17.3 Å². The van der Waals surface area contributed by atoms with Gasteiger partial charge in [0.15, 0.2) is 23.0 Å². The van der Waals surface area contributed by atoms with Crippen LogP contribution in [-0.2, 0) is 70.1 Å². The molecule has 6 N–H and O–H groups in total. The summed E-state index contributed by atoms with van der Waals surface area (Å²) < 4.78 is 42.9. The Hall–Kier alpha value is -4.64. The Bertz CT molecular complexity index is 2440. The third-order valence-electron chi connectivity index (χ3n) is 17.0. The number of carbonyl (C=O) groups is 2. The molecule has 2 saturated carbocycles. The predicted octanol–water partition coefficient (Wildman–Crippen LogP) is 0.210. The molecule has 2 spiro atoms. The first-order valence-electron chi connectivity index (χ1n) is 24.6. The van der Waals surface area contributed by atoms with Gasteiger partial charge in [0.25, 0.3) is 0 Å². The summed E-state index contributed by atoms with van der Waals surface area (Å²) in [7, 11) is 4.11. The van der Waals surface area contributed by atoms with Crippen LogP contribution in [0.5, 0.6) is 23.0 Å². The summed E-state index contributed by atoms with van der Waals surface area (Å²) in [5.74, 6) is 0.488. The first kappa shape index (κ1) is 46.7. The van der Waals surface area contributed by atoms with Crippen molar-refractivity contribution >= 4 is 11.8 Å². The summed E-state index contributed by atoms with van der Waals surface area (Å²) in [6, 6.07) is 6.42. The van der Waals surface area contributed by atoms with E-state index in [1.165, 1.54) is 0 Å². The molecule has 4 bridgehead atoms. The normalized spacial score (nSPS) is 33.3. The molecule has 374 valence electrons. The van der Waals surface area contributed by atoms with Gasteiger partial charge >= 0.3 is 0 Å². The highest BCUT2D eigenvalue weighted by Crippen LogP contribution is 2.67. The number of benzene rings is 2. The molecule has 69 heavy (non-hydrogen) atoms. The number of aliphatic hydroxyl groups is 2. The Morgan fingerprint density at radius 1 is 0.681 bits per heavy atom. The lowest BCUT2D eigenvalue weighted by Crippen LogP contribution is -2.77. The lowest BCUT2D eigenvalue weighted by atomic mass is 9.48. The van der Waals surface area contributed by atoms with E-state index >= 15 is 0 Å². The number of aromatic nitrogens is 3. The molecule has 20 nitrogen and oxygen atoms in total. The molecular weight excluding hydrogens is 895 g/mol. The molecular formula is C49H65N7O13. The van der Waals surface area contributed by atoms with Gasteiger partial charge in [-0.25, -0.2) is 4.68 Å². The molecule has 4 aliphatic heterocycles. The van der Waals surface area contributed by atoms with Crippen LogP contribution in [-0.4, -0.2) is 191 Å². The summed E-state index contributed by atoms with van der Waals surface area (Å²) in [6.45, 7) is 4.09.